The van der Waals surface area contributed by atoms with Crippen molar-refractivity contribution in [3.8, 4) is 0 Å². The maximum atomic E-state index is 12.3. The number of hydrogen-bond donors (Lipinski definition) is 2. The van der Waals surface area contributed by atoms with Crippen molar-refractivity contribution in [3.63, 3.8) is 0 Å². The van der Waals surface area contributed by atoms with Crippen LogP contribution in [0.3, 0.4) is 0 Å². The molecule has 1 aromatic carbocycles. The van der Waals surface area contributed by atoms with Crippen LogP contribution in [-0.2, 0) is 0 Å². The van der Waals surface area contributed by atoms with Gasteiger partial charge in [0, 0.05) is 5.69 Å². The van der Waals surface area contributed by atoms with Gasteiger partial charge in [0.1, 0.15) is 5.66 Å². The van der Waals surface area contributed by atoms with Gasteiger partial charge in [-0.05, 0) is 42.7 Å². The van der Waals surface area contributed by atoms with E-state index < -0.39 is 0 Å². The SMILES string of the molecule is C[C@@H]1CC(C)(C)CC2(C1)NC(=O)c1ccccc1N2. The van der Waals surface area contributed by atoms with E-state index in [2.05, 4.69) is 31.4 Å². The molecule has 0 radical (unpaired) electrons. The second-order valence-electron chi connectivity index (χ2n) is 7.06. The molecule has 2 aliphatic rings. The van der Waals surface area contributed by atoms with E-state index in [1.54, 1.807) is 0 Å². The summed E-state index contributed by atoms with van der Waals surface area (Å²) < 4.78 is 0. The normalized spacial score (nSPS) is 32.4. The van der Waals surface area contributed by atoms with E-state index in [1.165, 1.54) is 6.42 Å². The summed E-state index contributed by atoms with van der Waals surface area (Å²) in [6.07, 6.45) is 3.19. The molecule has 0 aromatic heterocycles. The Kier molecular flexibility index (Phi) is 2.63. The van der Waals surface area contributed by atoms with E-state index in [-0.39, 0.29) is 17.0 Å². The molecule has 1 amide bonds. The lowest BCUT2D eigenvalue weighted by molar-refractivity contribution is 0.0700. The largest absolute Gasteiger partial charge is 0.362 e. The highest BCUT2D eigenvalue weighted by molar-refractivity contribution is 6.02. The van der Waals surface area contributed by atoms with Crippen molar-refractivity contribution in [1.82, 2.24) is 5.32 Å². The third kappa shape index (κ3) is 2.22. The molecule has 1 aliphatic heterocycles. The van der Waals surface area contributed by atoms with Crippen molar-refractivity contribution in [2.24, 2.45) is 11.3 Å². The van der Waals surface area contributed by atoms with Crippen molar-refractivity contribution in [2.75, 3.05) is 5.32 Å². The van der Waals surface area contributed by atoms with Crippen LogP contribution in [0.15, 0.2) is 24.3 Å². The van der Waals surface area contributed by atoms with Gasteiger partial charge in [-0.1, -0.05) is 32.9 Å². The first-order valence-corrected chi connectivity index (χ1v) is 7.09. The number of rotatable bonds is 0. The predicted octanol–water partition coefficient (Wildman–Crippen LogP) is 3.38. The number of nitrogens with one attached hydrogen (secondary N) is 2. The fraction of sp³-hybridized carbons (Fsp3) is 0.562. The molecule has 3 heteroatoms. The van der Waals surface area contributed by atoms with E-state index in [0.29, 0.717) is 5.92 Å². The molecule has 1 spiro atoms. The van der Waals surface area contributed by atoms with Crippen LogP contribution in [-0.4, -0.2) is 11.6 Å². The Labute approximate surface area is 114 Å². The quantitative estimate of drug-likeness (QED) is 0.749. The molecule has 2 atom stereocenters. The topological polar surface area (TPSA) is 41.1 Å². The molecule has 1 aromatic rings. The molecule has 19 heavy (non-hydrogen) atoms. The Morgan fingerprint density at radius 1 is 1.16 bits per heavy atom. The molecule has 0 bridgehead atoms. The summed E-state index contributed by atoms with van der Waals surface area (Å²) in [6, 6.07) is 7.77. The first-order chi connectivity index (χ1) is 8.89. The van der Waals surface area contributed by atoms with Crippen LogP contribution in [0.2, 0.25) is 0 Å². The molecule has 102 valence electrons. The Morgan fingerprint density at radius 3 is 2.63 bits per heavy atom. The van der Waals surface area contributed by atoms with Crippen LogP contribution in [0, 0.1) is 11.3 Å². The van der Waals surface area contributed by atoms with Gasteiger partial charge in [0.05, 0.1) is 5.56 Å². The fourth-order valence-electron chi connectivity index (χ4n) is 4.13. The van der Waals surface area contributed by atoms with Crippen LogP contribution in [0.1, 0.15) is 50.4 Å². The Morgan fingerprint density at radius 2 is 1.89 bits per heavy atom. The molecule has 1 saturated carbocycles. The molecule has 0 saturated heterocycles. The number of benzene rings is 1. The van der Waals surface area contributed by atoms with E-state index in [0.717, 1.165) is 24.1 Å². The maximum Gasteiger partial charge on any atom is 0.255 e. The lowest BCUT2D eigenvalue weighted by Crippen LogP contribution is -2.62. The van der Waals surface area contributed by atoms with Gasteiger partial charge in [0.15, 0.2) is 0 Å². The molecule has 2 N–H and O–H groups in total. The average Bonchev–Trinajstić information content (AvgIpc) is 2.25. The third-order valence-corrected chi connectivity index (χ3v) is 4.28. The number of anilines is 1. The van der Waals surface area contributed by atoms with Gasteiger partial charge in [-0.25, -0.2) is 0 Å². The summed E-state index contributed by atoms with van der Waals surface area (Å²) in [5.74, 6) is 0.668. The summed E-state index contributed by atoms with van der Waals surface area (Å²) in [5.41, 5.74) is 1.71. The third-order valence-electron chi connectivity index (χ3n) is 4.28. The van der Waals surface area contributed by atoms with Crippen molar-refractivity contribution >= 4 is 11.6 Å². The van der Waals surface area contributed by atoms with E-state index in [4.69, 9.17) is 0 Å². The molecule has 1 heterocycles. The standard InChI is InChI=1S/C16H22N2O/c1-11-8-15(2,3)10-16(9-11)17-13-7-5-4-6-12(13)14(19)18-16/h4-7,11,17H,8-10H2,1-3H3,(H,18,19)/t11-,16?/m1/s1. The van der Waals surface area contributed by atoms with Gasteiger partial charge in [-0.3, -0.25) is 4.79 Å². The maximum absolute atomic E-state index is 12.3. The molecule has 1 aliphatic carbocycles. The second kappa shape index (κ2) is 3.99. The highest BCUT2D eigenvalue weighted by Crippen LogP contribution is 2.45. The number of carbonyl (C=O) groups excluding carboxylic acids is 1. The first kappa shape index (κ1) is 12.5. The van der Waals surface area contributed by atoms with E-state index >= 15 is 0 Å². The summed E-state index contributed by atoms with van der Waals surface area (Å²) in [4.78, 5) is 12.3. The minimum absolute atomic E-state index is 0.0549. The van der Waals surface area contributed by atoms with E-state index in [1.807, 2.05) is 24.3 Å². The Hall–Kier alpha value is -1.51. The monoisotopic (exact) mass is 258 g/mol. The van der Waals surface area contributed by atoms with Crippen LogP contribution < -0.4 is 10.6 Å². The first-order valence-electron chi connectivity index (χ1n) is 7.09. The molecular weight excluding hydrogens is 236 g/mol. The molecule has 1 unspecified atom stereocenters. The van der Waals surface area contributed by atoms with Gasteiger partial charge in [-0.15, -0.1) is 0 Å². The van der Waals surface area contributed by atoms with E-state index in [9.17, 15) is 4.79 Å². The fourth-order valence-corrected chi connectivity index (χ4v) is 4.13. The number of carbonyl (C=O) groups is 1. The lowest BCUT2D eigenvalue weighted by Gasteiger charge is -2.50. The van der Waals surface area contributed by atoms with Crippen LogP contribution in [0.25, 0.3) is 0 Å². The van der Waals surface area contributed by atoms with Gasteiger partial charge >= 0.3 is 0 Å². The number of hydrogen-bond acceptors (Lipinski definition) is 2. The summed E-state index contributed by atoms with van der Waals surface area (Å²) in [6.45, 7) is 6.86. The molecule has 3 rings (SSSR count). The smallest absolute Gasteiger partial charge is 0.255 e. The van der Waals surface area contributed by atoms with Crippen LogP contribution in [0.4, 0.5) is 5.69 Å². The van der Waals surface area contributed by atoms with Crippen LogP contribution in [0.5, 0.6) is 0 Å². The minimum Gasteiger partial charge on any atom is -0.362 e. The predicted molar refractivity (Wildman–Crippen MR) is 77.1 cm³/mol. The minimum atomic E-state index is -0.271. The average molecular weight is 258 g/mol. The zero-order chi connectivity index (χ0) is 13.7. The summed E-state index contributed by atoms with van der Waals surface area (Å²) in [7, 11) is 0. The Balaban J connectivity index is 1.97. The van der Waals surface area contributed by atoms with Crippen molar-refractivity contribution in [2.45, 2.75) is 45.7 Å². The Bertz CT molecular complexity index is 523. The molecule has 1 fully saturated rings. The number of amides is 1. The summed E-state index contributed by atoms with van der Waals surface area (Å²) >= 11 is 0. The van der Waals surface area contributed by atoms with Gasteiger partial charge in [-0.2, -0.15) is 0 Å². The number of fused-ring (bicyclic) bond motifs is 1. The zero-order valence-corrected chi connectivity index (χ0v) is 11.9. The lowest BCUT2D eigenvalue weighted by atomic mass is 9.67. The van der Waals surface area contributed by atoms with Gasteiger partial charge in [0.25, 0.3) is 5.91 Å². The number of para-hydroxylation sites is 1. The van der Waals surface area contributed by atoms with Crippen molar-refractivity contribution < 1.29 is 4.79 Å². The van der Waals surface area contributed by atoms with Crippen LogP contribution >= 0.6 is 0 Å². The molecule has 3 nitrogen and oxygen atoms in total. The summed E-state index contributed by atoms with van der Waals surface area (Å²) in [5, 5.41) is 6.82. The van der Waals surface area contributed by atoms with Gasteiger partial charge in [0.2, 0.25) is 0 Å². The second-order valence-corrected chi connectivity index (χ2v) is 7.06. The highest BCUT2D eigenvalue weighted by atomic mass is 16.2. The van der Waals surface area contributed by atoms with Crippen molar-refractivity contribution in [1.29, 1.82) is 0 Å². The van der Waals surface area contributed by atoms with Gasteiger partial charge < -0.3 is 10.6 Å². The molecular formula is C16H22N2O. The van der Waals surface area contributed by atoms with Crippen molar-refractivity contribution in [3.05, 3.63) is 29.8 Å². The highest BCUT2D eigenvalue weighted by Gasteiger charge is 2.46. The zero-order valence-electron chi connectivity index (χ0n) is 11.9.